The van der Waals surface area contributed by atoms with Crippen LogP contribution in [0.3, 0.4) is 0 Å². The van der Waals surface area contributed by atoms with Gasteiger partial charge in [-0.2, -0.15) is 0 Å². The predicted molar refractivity (Wildman–Crippen MR) is 100 cm³/mol. The first kappa shape index (κ1) is 18.0. The van der Waals surface area contributed by atoms with Gasteiger partial charge in [0.15, 0.2) is 0 Å². The third-order valence-corrected chi connectivity index (χ3v) is 4.89. The Morgan fingerprint density at radius 2 is 1.85 bits per heavy atom. The molecular weight excluding hydrogens is 328 g/mol. The summed E-state index contributed by atoms with van der Waals surface area (Å²) in [7, 11) is 0. The zero-order valence-electron chi connectivity index (χ0n) is 15.4. The number of carboxylic acids is 1. The Morgan fingerprint density at radius 1 is 1.08 bits per heavy atom. The fourth-order valence-electron chi connectivity index (χ4n) is 3.37. The molecule has 0 fully saturated rings. The molecule has 0 atom stereocenters. The summed E-state index contributed by atoms with van der Waals surface area (Å²) < 4.78 is 7.41. The molecule has 0 spiro atoms. The monoisotopic (exact) mass is 352 g/mol. The molecule has 0 aliphatic heterocycles. The summed E-state index contributed by atoms with van der Waals surface area (Å²) in [5.41, 5.74) is 5.39. The van der Waals surface area contributed by atoms with E-state index >= 15 is 0 Å². The summed E-state index contributed by atoms with van der Waals surface area (Å²) in [6.45, 7) is 7.66. The van der Waals surface area contributed by atoms with E-state index in [-0.39, 0.29) is 0 Å². The van der Waals surface area contributed by atoms with E-state index in [1.54, 1.807) is 6.26 Å². The number of hydrogen-bond acceptors (Lipinski definition) is 3. The number of hydrogen-bond donors (Lipinski definition) is 2. The van der Waals surface area contributed by atoms with Gasteiger partial charge in [0.25, 0.3) is 0 Å². The standard InChI is InChI=1S/C21H24N2O3/c1-14-7-4-5-8-17(14)13-23-15(2)19(20(16(23)3)21(24)25)12-22-11-18-9-6-10-26-18/h4-10,22H,11-13H2,1-3H3,(H,24,25). The second-order valence-electron chi connectivity index (χ2n) is 6.53. The highest BCUT2D eigenvalue weighted by atomic mass is 16.4. The number of rotatable bonds is 7. The van der Waals surface area contributed by atoms with Crippen molar-refractivity contribution in [3.05, 3.63) is 82.1 Å². The predicted octanol–water partition coefficient (Wildman–Crippen LogP) is 4.04. The molecule has 0 radical (unpaired) electrons. The molecule has 5 nitrogen and oxygen atoms in total. The number of aromatic nitrogens is 1. The first-order valence-electron chi connectivity index (χ1n) is 8.68. The van der Waals surface area contributed by atoms with E-state index in [2.05, 4.69) is 28.9 Å². The van der Waals surface area contributed by atoms with Gasteiger partial charge in [-0.15, -0.1) is 0 Å². The van der Waals surface area contributed by atoms with E-state index < -0.39 is 5.97 Å². The fourth-order valence-corrected chi connectivity index (χ4v) is 3.37. The number of carbonyl (C=O) groups is 1. The lowest BCUT2D eigenvalue weighted by Gasteiger charge is -2.12. The molecule has 3 aromatic rings. The summed E-state index contributed by atoms with van der Waals surface area (Å²) in [6, 6.07) is 11.9. The summed E-state index contributed by atoms with van der Waals surface area (Å²) in [4.78, 5) is 11.9. The number of carboxylic acid groups (broad SMARTS) is 1. The van der Waals surface area contributed by atoms with Crippen LogP contribution >= 0.6 is 0 Å². The summed E-state index contributed by atoms with van der Waals surface area (Å²) in [6.07, 6.45) is 1.63. The van der Waals surface area contributed by atoms with Crippen molar-refractivity contribution in [3.63, 3.8) is 0 Å². The van der Waals surface area contributed by atoms with Crippen LogP contribution in [-0.4, -0.2) is 15.6 Å². The minimum absolute atomic E-state index is 0.392. The van der Waals surface area contributed by atoms with Crippen LogP contribution in [0.5, 0.6) is 0 Å². The first-order chi connectivity index (χ1) is 12.5. The number of aryl methyl sites for hydroxylation is 1. The van der Waals surface area contributed by atoms with Crippen LogP contribution in [0.25, 0.3) is 0 Å². The molecule has 136 valence electrons. The van der Waals surface area contributed by atoms with Crippen LogP contribution in [-0.2, 0) is 19.6 Å². The van der Waals surface area contributed by atoms with E-state index in [1.165, 1.54) is 11.1 Å². The molecule has 2 heterocycles. The highest BCUT2D eigenvalue weighted by molar-refractivity contribution is 5.91. The van der Waals surface area contributed by atoms with E-state index in [1.807, 2.05) is 38.1 Å². The van der Waals surface area contributed by atoms with Gasteiger partial charge in [0.1, 0.15) is 5.76 Å². The van der Waals surface area contributed by atoms with Crippen molar-refractivity contribution < 1.29 is 14.3 Å². The lowest BCUT2D eigenvalue weighted by atomic mass is 10.1. The van der Waals surface area contributed by atoms with Crippen molar-refractivity contribution >= 4 is 5.97 Å². The average molecular weight is 352 g/mol. The van der Waals surface area contributed by atoms with Gasteiger partial charge in [-0.3, -0.25) is 0 Å². The van der Waals surface area contributed by atoms with Crippen LogP contribution in [0.15, 0.2) is 47.1 Å². The zero-order valence-corrected chi connectivity index (χ0v) is 15.4. The molecule has 2 aromatic heterocycles. The second-order valence-corrected chi connectivity index (χ2v) is 6.53. The largest absolute Gasteiger partial charge is 0.478 e. The number of nitrogens with zero attached hydrogens (tertiary/aromatic N) is 1. The molecular formula is C21H24N2O3. The van der Waals surface area contributed by atoms with E-state index in [9.17, 15) is 9.90 Å². The molecule has 0 saturated heterocycles. The van der Waals surface area contributed by atoms with Gasteiger partial charge < -0.3 is 19.4 Å². The smallest absolute Gasteiger partial charge is 0.337 e. The van der Waals surface area contributed by atoms with Crippen molar-refractivity contribution in [2.24, 2.45) is 0 Å². The minimum atomic E-state index is -0.885. The van der Waals surface area contributed by atoms with Gasteiger partial charge in [0.2, 0.25) is 0 Å². The first-order valence-corrected chi connectivity index (χ1v) is 8.68. The van der Waals surface area contributed by atoms with Gasteiger partial charge in [-0.1, -0.05) is 24.3 Å². The van der Waals surface area contributed by atoms with E-state index in [4.69, 9.17) is 4.42 Å². The zero-order chi connectivity index (χ0) is 18.7. The Kier molecular flexibility index (Phi) is 5.28. The molecule has 0 bridgehead atoms. The van der Waals surface area contributed by atoms with E-state index in [0.29, 0.717) is 25.2 Å². The number of aromatic carboxylic acids is 1. The second kappa shape index (κ2) is 7.62. The molecule has 0 aliphatic rings. The Hall–Kier alpha value is -2.79. The lowest BCUT2D eigenvalue weighted by Crippen LogP contribution is -2.15. The molecule has 5 heteroatoms. The highest BCUT2D eigenvalue weighted by Crippen LogP contribution is 2.24. The lowest BCUT2D eigenvalue weighted by molar-refractivity contribution is 0.0694. The summed E-state index contributed by atoms with van der Waals surface area (Å²) in [5.74, 6) is -0.0560. The summed E-state index contributed by atoms with van der Waals surface area (Å²) in [5, 5.41) is 13.0. The average Bonchev–Trinajstić information content (AvgIpc) is 3.19. The van der Waals surface area contributed by atoms with Gasteiger partial charge in [0, 0.05) is 30.0 Å². The quantitative estimate of drug-likeness (QED) is 0.673. The van der Waals surface area contributed by atoms with Crippen LogP contribution in [0, 0.1) is 20.8 Å². The Morgan fingerprint density at radius 3 is 2.50 bits per heavy atom. The molecule has 2 N–H and O–H groups in total. The van der Waals surface area contributed by atoms with Crippen molar-refractivity contribution in [2.45, 2.75) is 40.4 Å². The van der Waals surface area contributed by atoms with Gasteiger partial charge in [0.05, 0.1) is 18.4 Å². The maximum absolute atomic E-state index is 11.9. The van der Waals surface area contributed by atoms with E-state index in [0.717, 1.165) is 22.7 Å². The van der Waals surface area contributed by atoms with Crippen LogP contribution in [0.1, 0.15) is 44.2 Å². The molecule has 0 amide bonds. The minimum Gasteiger partial charge on any atom is -0.478 e. The molecule has 0 aliphatic carbocycles. The summed E-state index contributed by atoms with van der Waals surface area (Å²) >= 11 is 0. The Bertz CT molecular complexity index is 908. The molecule has 26 heavy (non-hydrogen) atoms. The number of benzene rings is 1. The SMILES string of the molecule is Cc1ccccc1Cn1c(C)c(CNCc2ccco2)c(C(=O)O)c1C. The number of nitrogens with one attached hydrogen (secondary N) is 1. The third-order valence-electron chi connectivity index (χ3n) is 4.89. The van der Waals surface area contributed by atoms with Crippen molar-refractivity contribution in [1.29, 1.82) is 0 Å². The van der Waals surface area contributed by atoms with Gasteiger partial charge >= 0.3 is 5.97 Å². The molecule has 1 aromatic carbocycles. The number of furan rings is 1. The van der Waals surface area contributed by atoms with Crippen LogP contribution in [0.4, 0.5) is 0 Å². The van der Waals surface area contributed by atoms with Crippen molar-refractivity contribution in [2.75, 3.05) is 0 Å². The Balaban J connectivity index is 1.88. The topological polar surface area (TPSA) is 67.4 Å². The molecule has 3 rings (SSSR count). The molecule has 0 saturated carbocycles. The van der Waals surface area contributed by atoms with Crippen molar-refractivity contribution in [3.8, 4) is 0 Å². The maximum atomic E-state index is 11.9. The van der Waals surface area contributed by atoms with Crippen LogP contribution in [0.2, 0.25) is 0 Å². The Labute approximate surface area is 153 Å². The van der Waals surface area contributed by atoms with Crippen LogP contribution < -0.4 is 5.32 Å². The highest BCUT2D eigenvalue weighted by Gasteiger charge is 2.22. The fraction of sp³-hybridized carbons (Fsp3) is 0.286. The molecule has 0 unspecified atom stereocenters. The third kappa shape index (κ3) is 3.58. The normalized spacial score (nSPS) is 11.0. The maximum Gasteiger partial charge on any atom is 0.337 e. The van der Waals surface area contributed by atoms with Crippen molar-refractivity contribution in [1.82, 2.24) is 9.88 Å². The van der Waals surface area contributed by atoms with Gasteiger partial charge in [-0.05, 0) is 44.0 Å². The van der Waals surface area contributed by atoms with Gasteiger partial charge in [-0.25, -0.2) is 4.79 Å².